The molecule has 1 aliphatic heterocycles. The summed E-state index contributed by atoms with van der Waals surface area (Å²) in [6.07, 6.45) is 3.90. The van der Waals surface area contributed by atoms with E-state index in [4.69, 9.17) is 0 Å². The molecule has 3 nitrogen and oxygen atoms in total. The molecule has 1 aliphatic carbocycles. The number of nitrogens with zero attached hydrogens (tertiary/aromatic N) is 1. The van der Waals surface area contributed by atoms with Gasteiger partial charge in [0.15, 0.2) is 0 Å². The highest BCUT2D eigenvalue weighted by molar-refractivity contribution is 9.10. The molecule has 2 aliphatic rings. The molecule has 2 N–H and O–H groups in total. The number of para-hydroxylation sites is 1. The van der Waals surface area contributed by atoms with Crippen molar-refractivity contribution in [1.82, 2.24) is 10.2 Å². The van der Waals surface area contributed by atoms with Gasteiger partial charge in [-0.05, 0) is 34.3 Å². The Kier molecular flexibility index (Phi) is 4.10. The third-order valence-electron chi connectivity index (χ3n) is 4.22. The predicted molar refractivity (Wildman–Crippen MR) is 80.3 cm³/mol. The molecule has 1 heterocycles. The normalized spacial score (nSPS) is 22.4. The molecule has 0 amide bonds. The Balaban J connectivity index is 1.86. The number of rotatable bonds is 4. The molecular formula is C15H21BrN2O. The fraction of sp³-hybridized carbons (Fsp3) is 0.600. The van der Waals surface area contributed by atoms with Crippen molar-refractivity contribution in [2.45, 2.75) is 25.3 Å². The number of hydrogen-bond acceptors (Lipinski definition) is 3. The lowest BCUT2D eigenvalue weighted by atomic mass is 9.98. The highest BCUT2D eigenvalue weighted by atomic mass is 79.9. The van der Waals surface area contributed by atoms with Gasteiger partial charge in [0.05, 0.1) is 4.47 Å². The minimum atomic E-state index is 0.368. The van der Waals surface area contributed by atoms with Gasteiger partial charge in [0.25, 0.3) is 0 Å². The first-order valence-electron chi connectivity index (χ1n) is 7.18. The third-order valence-corrected chi connectivity index (χ3v) is 4.86. The maximum Gasteiger partial charge on any atom is 0.134 e. The molecule has 1 atom stereocenters. The van der Waals surface area contributed by atoms with Gasteiger partial charge in [-0.2, -0.15) is 0 Å². The van der Waals surface area contributed by atoms with Crippen LogP contribution in [0.4, 0.5) is 0 Å². The van der Waals surface area contributed by atoms with Crippen LogP contribution in [0.2, 0.25) is 0 Å². The van der Waals surface area contributed by atoms with Gasteiger partial charge in [-0.15, -0.1) is 0 Å². The summed E-state index contributed by atoms with van der Waals surface area (Å²) in [6.45, 7) is 4.25. The fourth-order valence-corrected chi connectivity index (χ4v) is 3.32. The first kappa shape index (κ1) is 13.4. The monoisotopic (exact) mass is 324 g/mol. The van der Waals surface area contributed by atoms with E-state index in [9.17, 15) is 5.11 Å². The summed E-state index contributed by atoms with van der Waals surface area (Å²) in [7, 11) is 0. The topological polar surface area (TPSA) is 35.5 Å². The molecule has 0 unspecified atom stereocenters. The van der Waals surface area contributed by atoms with E-state index in [0.717, 1.165) is 42.1 Å². The van der Waals surface area contributed by atoms with E-state index in [1.807, 2.05) is 12.1 Å². The van der Waals surface area contributed by atoms with Crippen molar-refractivity contribution in [3.63, 3.8) is 0 Å². The number of piperazine rings is 1. The number of halogens is 1. The van der Waals surface area contributed by atoms with E-state index in [1.54, 1.807) is 0 Å². The largest absolute Gasteiger partial charge is 0.506 e. The second-order valence-corrected chi connectivity index (χ2v) is 6.51. The second-order valence-electron chi connectivity index (χ2n) is 5.66. The van der Waals surface area contributed by atoms with E-state index in [-0.39, 0.29) is 0 Å². The third kappa shape index (κ3) is 3.12. The van der Waals surface area contributed by atoms with Crippen molar-refractivity contribution in [3.05, 3.63) is 28.2 Å². The zero-order valence-corrected chi connectivity index (χ0v) is 12.7. The number of aromatic hydroxyl groups is 1. The van der Waals surface area contributed by atoms with Crippen LogP contribution in [0.1, 0.15) is 30.9 Å². The van der Waals surface area contributed by atoms with Crippen molar-refractivity contribution < 1.29 is 5.11 Å². The van der Waals surface area contributed by atoms with Crippen LogP contribution in [0.5, 0.6) is 5.75 Å². The summed E-state index contributed by atoms with van der Waals surface area (Å²) < 4.78 is 0.806. The predicted octanol–water partition coefficient (Wildman–Crippen LogP) is 2.90. The van der Waals surface area contributed by atoms with Crippen LogP contribution in [0, 0.1) is 5.92 Å². The molecule has 1 aromatic carbocycles. The lowest BCUT2D eigenvalue weighted by Crippen LogP contribution is -2.45. The Morgan fingerprint density at radius 1 is 1.32 bits per heavy atom. The Hall–Kier alpha value is -0.580. The average molecular weight is 325 g/mol. The van der Waals surface area contributed by atoms with E-state index in [2.05, 4.69) is 32.2 Å². The van der Waals surface area contributed by atoms with Crippen molar-refractivity contribution in [3.8, 4) is 5.75 Å². The highest BCUT2D eigenvalue weighted by Gasteiger charge is 2.31. The number of phenolic OH excluding ortho intramolecular Hbond substituents is 1. The molecule has 1 aromatic rings. The summed E-state index contributed by atoms with van der Waals surface area (Å²) in [5, 5.41) is 13.7. The average Bonchev–Trinajstić information content (AvgIpc) is 3.25. The number of nitrogens with one attached hydrogen (secondary N) is 1. The molecule has 0 radical (unpaired) electrons. The number of benzene rings is 1. The Morgan fingerprint density at radius 3 is 2.74 bits per heavy atom. The van der Waals surface area contributed by atoms with Crippen molar-refractivity contribution in [2.75, 3.05) is 26.2 Å². The van der Waals surface area contributed by atoms with Crippen LogP contribution in [0.3, 0.4) is 0 Å². The Morgan fingerprint density at radius 2 is 2.05 bits per heavy atom. The standard InChI is InChI=1S/C15H21BrN2O/c16-13-3-1-2-12(15(13)19)14(10-11-4-5-11)18-8-6-17-7-9-18/h1-3,11,14,17,19H,4-10H2/t14-/m0/s1. The molecule has 2 fully saturated rings. The molecule has 0 bridgehead atoms. The zero-order valence-electron chi connectivity index (χ0n) is 11.1. The number of phenols is 1. The molecule has 19 heavy (non-hydrogen) atoms. The fourth-order valence-electron chi connectivity index (χ4n) is 2.94. The maximum absolute atomic E-state index is 10.3. The molecule has 0 spiro atoms. The Labute approximate surface area is 123 Å². The first-order valence-corrected chi connectivity index (χ1v) is 7.97. The smallest absolute Gasteiger partial charge is 0.134 e. The van der Waals surface area contributed by atoms with E-state index < -0.39 is 0 Å². The highest BCUT2D eigenvalue weighted by Crippen LogP contribution is 2.43. The van der Waals surface area contributed by atoms with Crippen LogP contribution < -0.4 is 5.32 Å². The Bertz CT molecular complexity index is 442. The SMILES string of the molecule is Oc1c(Br)cccc1[C@H](CC1CC1)N1CCNCC1. The molecule has 104 valence electrons. The van der Waals surface area contributed by atoms with Gasteiger partial charge >= 0.3 is 0 Å². The molecule has 1 saturated heterocycles. The summed E-state index contributed by atoms with van der Waals surface area (Å²) in [6, 6.07) is 6.38. The van der Waals surface area contributed by atoms with Crippen LogP contribution in [-0.2, 0) is 0 Å². The zero-order chi connectivity index (χ0) is 13.2. The van der Waals surface area contributed by atoms with Crippen LogP contribution >= 0.6 is 15.9 Å². The van der Waals surface area contributed by atoms with Crippen molar-refractivity contribution in [2.24, 2.45) is 5.92 Å². The summed E-state index contributed by atoms with van der Waals surface area (Å²) >= 11 is 3.44. The molecule has 3 rings (SSSR count). The molecule has 1 saturated carbocycles. The molecule has 0 aromatic heterocycles. The lowest BCUT2D eigenvalue weighted by molar-refractivity contribution is 0.158. The maximum atomic E-state index is 10.3. The van der Waals surface area contributed by atoms with Gasteiger partial charge in [-0.3, -0.25) is 4.90 Å². The molecular weight excluding hydrogens is 304 g/mol. The molecule has 4 heteroatoms. The van der Waals surface area contributed by atoms with Crippen LogP contribution in [0.25, 0.3) is 0 Å². The van der Waals surface area contributed by atoms with Crippen molar-refractivity contribution >= 4 is 15.9 Å². The number of hydrogen-bond donors (Lipinski definition) is 2. The minimum absolute atomic E-state index is 0.368. The summed E-state index contributed by atoms with van der Waals surface area (Å²) in [5.41, 5.74) is 1.09. The van der Waals surface area contributed by atoms with Gasteiger partial charge < -0.3 is 10.4 Å². The van der Waals surface area contributed by atoms with E-state index >= 15 is 0 Å². The van der Waals surface area contributed by atoms with Gasteiger partial charge in [-0.1, -0.05) is 25.0 Å². The summed E-state index contributed by atoms with van der Waals surface area (Å²) in [4.78, 5) is 2.52. The minimum Gasteiger partial charge on any atom is -0.506 e. The van der Waals surface area contributed by atoms with Crippen molar-refractivity contribution in [1.29, 1.82) is 0 Å². The van der Waals surface area contributed by atoms with E-state index in [1.165, 1.54) is 19.3 Å². The van der Waals surface area contributed by atoms with E-state index in [0.29, 0.717) is 11.8 Å². The second kappa shape index (κ2) is 5.81. The van der Waals surface area contributed by atoms with Gasteiger partial charge in [0.2, 0.25) is 0 Å². The quantitative estimate of drug-likeness (QED) is 0.893. The van der Waals surface area contributed by atoms with Crippen LogP contribution in [-0.4, -0.2) is 36.2 Å². The van der Waals surface area contributed by atoms with Gasteiger partial charge in [0.1, 0.15) is 5.75 Å². The lowest BCUT2D eigenvalue weighted by Gasteiger charge is -2.35. The summed E-state index contributed by atoms with van der Waals surface area (Å²) in [5.74, 6) is 1.28. The first-order chi connectivity index (χ1) is 9.25. The van der Waals surface area contributed by atoms with Crippen LogP contribution in [0.15, 0.2) is 22.7 Å². The van der Waals surface area contributed by atoms with Gasteiger partial charge in [0, 0.05) is 37.8 Å². The van der Waals surface area contributed by atoms with Gasteiger partial charge in [-0.25, -0.2) is 0 Å².